The molecule has 2 saturated heterocycles. The minimum Gasteiger partial charge on any atom is -0.378 e. The maximum absolute atomic E-state index is 12.6. The molecule has 1 aromatic heterocycles. The zero-order valence-corrected chi connectivity index (χ0v) is 22.7. The molecule has 0 atom stereocenters. The average Bonchev–Trinajstić information content (AvgIpc) is 3.33. The lowest BCUT2D eigenvalue weighted by Gasteiger charge is -2.38. The van der Waals surface area contributed by atoms with E-state index in [4.69, 9.17) is 4.74 Å². The Morgan fingerprint density at radius 2 is 1.68 bits per heavy atom. The molecule has 0 radical (unpaired) electrons. The number of nitrogens with zero attached hydrogens (tertiary/aromatic N) is 6. The number of anilines is 1. The third-order valence-corrected chi connectivity index (χ3v) is 8.44. The molecular formula is C29H32N6O2S. The first-order valence-corrected chi connectivity index (χ1v) is 14.1. The number of amidine groups is 1. The van der Waals surface area contributed by atoms with Crippen LogP contribution < -0.4 is 4.90 Å². The molecule has 196 valence electrons. The van der Waals surface area contributed by atoms with Gasteiger partial charge in [0.2, 0.25) is 0 Å². The number of amides is 1. The van der Waals surface area contributed by atoms with Gasteiger partial charge < -0.3 is 14.5 Å². The smallest absolute Gasteiger partial charge is 0.286 e. The number of aromatic nitrogens is 2. The summed E-state index contributed by atoms with van der Waals surface area (Å²) < 4.78 is 5.42. The molecule has 3 aliphatic heterocycles. The van der Waals surface area contributed by atoms with Crippen LogP contribution in [0.5, 0.6) is 0 Å². The van der Waals surface area contributed by atoms with Gasteiger partial charge in [-0.3, -0.25) is 9.69 Å². The van der Waals surface area contributed by atoms with Gasteiger partial charge in [-0.2, -0.15) is 4.99 Å². The molecule has 1 amide bonds. The average molecular weight is 529 g/mol. The van der Waals surface area contributed by atoms with Gasteiger partial charge in [0.05, 0.1) is 29.3 Å². The summed E-state index contributed by atoms with van der Waals surface area (Å²) in [6.07, 6.45) is 3.54. The van der Waals surface area contributed by atoms with Crippen LogP contribution in [0.15, 0.2) is 58.7 Å². The Hall–Kier alpha value is -3.27. The van der Waals surface area contributed by atoms with Gasteiger partial charge in [-0.05, 0) is 61.5 Å². The van der Waals surface area contributed by atoms with Crippen LogP contribution in [0.25, 0.3) is 28.2 Å². The highest BCUT2D eigenvalue weighted by Crippen LogP contribution is 2.33. The number of hydrogen-bond acceptors (Lipinski definition) is 8. The number of piperazine rings is 1. The molecule has 0 aliphatic carbocycles. The van der Waals surface area contributed by atoms with E-state index >= 15 is 0 Å². The third kappa shape index (κ3) is 5.18. The molecule has 0 N–H and O–H groups in total. The van der Waals surface area contributed by atoms with Crippen molar-refractivity contribution in [2.24, 2.45) is 4.99 Å². The Balaban J connectivity index is 1.22. The lowest BCUT2D eigenvalue weighted by Crippen LogP contribution is -2.48. The minimum atomic E-state index is -0.189. The predicted molar refractivity (Wildman–Crippen MR) is 154 cm³/mol. The number of thioether (sulfide) groups is 1. The number of morpholine rings is 1. The van der Waals surface area contributed by atoms with Gasteiger partial charge in [-0.25, -0.2) is 9.97 Å². The molecule has 38 heavy (non-hydrogen) atoms. The van der Waals surface area contributed by atoms with Crippen molar-refractivity contribution in [1.29, 1.82) is 0 Å². The van der Waals surface area contributed by atoms with Crippen molar-refractivity contribution in [2.45, 2.75) is 19.9 Å². The van der Waals surface area contributed by atoms with Crippen LogP contribution in [-0.2, 0) is 9.53 Å². The van der Waals surface area contributed by atoms with E-state index in [9.17, 15) is 4.79 Å². The second kappa shape index (κ2) is 10.8. The molecule has 4 heterocycles. The monoisotopic (exact) mass is 528 g/mol. The maximum atomic E-state index is 12.6. The fourth-order valence-corrected chi connectivity index (χ4v) is 6.12. The fraction of sp³-hybridized carbons (Fsp3) is 0.379. The quantitative estimate of drug-likeness (QED) is 0.468. The standard InChI is InChI=1S/C29H32N6O2S/c1-20(2)33-9-11-34(12-10-33)23-6-4-22(5-7-23)27-24-17-21(3-8-25(24)30-19-31-27)18-26-28(36)32-29(38-26)35-13-15-37-16-14-35/h3-8,17-20H,9-16H2,1-2H3/b26-18-. The summed E-state index contributed by atoms with van der Waals surface area (Å²) in [5, 5.41) is 1.73. The summed E-state index contributed by atoms with van der Waals surface area (Å²) in [6.45, 7) is 11.6. The highest BCUT2D eigenvalue weighted by molar-refractivity contribution is 8.18. The first kappa shape index (κ1) is 25.0. The van der Waals surface area contributed by atoms with Gasteiger partial charge >= 0.3 is 0 Å². The summed E-state index contributed by atoms with van der Waals surface area (Å²) in [5.74, 6) is -0.189. The third-order valence-electron chi connectivity index (χ3n) is 7.40. The van der Waals surface area contributed by atoms with E-state index in [0.717, 1.165) is 72.2 Å². The number of carbonyl (C=O) groups is 1. The predicted octanol–water partition coefficient (Wildman–Crippen LogP) is 4.13. The van der Waals surface area contributed by atoms with Crippen molar-refractivity contribution in [2.75, 3.05) is 57.4 Å². The molecule has 9 heteroatoms. The van der Waals surface area contributed by atoms with Gasteiger partial charge in [0.15, 0.2) is 5.17 Å². The van der Waals surface area contributed by atoms with Gasteiger partial charge in [-0.1, -0.05) is 18.2 Å². The van der Waals surface area contributed by atoms with Gasteiger partial charge in [0, 0.05) is 61.9 Å². The SMILES string of the molecule is CC(C)N1CCN(c2ccc(-c3ncnc4ccc(/C=C5\SC(N6CCOCC6)=NC5=O)cc34)cc2)CC1. The van der Waals surface area contributed by atoms with Gasteiger partial charge in [-0.15, -0.1) is 0 Å². The Morgan fingerprint density at radius 1 is 0.921 bits per heavy atom. The largest absolute Gasteiger partial charge is 0.378 e. The number of aliphatic imine (C=N–C) groups is 1. The topological polar surface area (TPSA) is 74.2 Å². The number of rotatable bonds is 4. The van der Waals surface area contributed by atoms with Gasteiger partial charge in [0.1, 0.15) is 6.33 Å². The van der Waals surface area contributed by atoms with E-state index in [-0.39, 0.29) is 5.91 Å². The molecule has 3 aromatic rings. The summed E-state index contributed by atoms with van der Waals surface area (Å²) in [5.41, 5.74) is 5.00. The van der Waals surface area contributed by atoms with E-state index in [0.29, 0.717) is 24.2 Å². The first-order chi connectivity index (χ1) is 18.5. The lowest BCUT2D eigenvalue weighted by atomic mass is 10.0. The lowest BCUT2D eigenvalue weighted by molar-refractivity contribution is -0.113. The number of fused-ring (bicyclic) bond motifs is 1. The number of ether oxygens (including phenoxy) is 1. The Morgan fingerprint density at radius 3 is 2.42 bits per heavy atom. The van der Waals surface area contributed by atoms with E-state index < -0.39 is 0 Å². The molecule has 3 aliphatic rings. The molecule has 0 bridgehead atoms. The van der Waals surface area contributed by atoms with Crippen molar-refractivity contribution in [3.8, 4) is 11.3 Å². The maximum Gasteiger partial charge on any atom is 0.286 e. The van der Waals surface area contributed by atoms with Crippen molar-refractivity contribution >= 4 is 45.5 Å². The summed E-state index contributed by atoms with van der Waals surface area (Å²) >= 11 is 1.44. The highest BCUT2D eigenvalue weighted by atomic mass is 32.2. The highest BCUT2D eigenvalue weighted by Gasteiger charge is 2.27. The number of hydrogen-bond donors (Lipinski definition) is 0. The molecule has 2 aromatic carbocycles. The van der Waals surface area contributed by atoms with E-state index in [2.05, 4.69) is 73.8 Å². The molecule has 0 spiro atoms. The number of benzene rings is 2. The van der Waals surface area contributed by atoms with Crippen LogP contribution in [0.4, 0.5) is 5.69 Å². The zero-order valence-electron chi connectivity index (χ0n) is 21.8. The second-order valence-electron chi connectivity index (χ2n) is 10.1. The van der Waals surface area contributed by atoms with Crippen molar-refractivity contribution < 1.29 is 9.53 Å². The van der Waals surface area contributed by atoms with Crippen molar-refractivity contribution in [3.63, 3.8) is 0 Å². The zero-order chi connectivity index (χ0) is 26.1. The molecule has 6 rings (SSSR count). The van der Waals surface area contributed by atoms with E-state index in [1.165, 1.54) is 17.4 Å². The number of carbonyl (C=O) groups excluding carboxylic acids is 1. The fourth-order valence-electron chi connectivity index (χ4n) is 5.16. The summed E-state index contributed by atoms with van der Waals surface area (Å²) in [6, 6.07) is 15.3. The Labute approximate surface area is 227 Å². The normalized spacial score (nSPS) is 20.1. The Kier molecular flexibility index (Phi) is 7.14. The van der Waals surface area contributed by atoms with Crippen LogP contribution in [-0.4, -0.2) is 89.4 Å². The molecule has 0 unspecified atom stereocenters. The van der Waals surface area contributed by atoms with E-state index in [1.54, 1.807) is 6.33 Å². The minimum absolute atomic E-state index is 0.189. The molecule has 8 nitrogen and oxygen atoms in total. The Bertz CT molecular complexity index is 1390. The van der Waals surface area contributed by atoms with Crippen LogP contribution in [0.1, 0.15) is 19.4 Å². The van der Waals surface area contributed by atoms with Crippen LogP contribution in [0, 0.1) is 0 Å². The molecule has 0 saturated carbocycles. The summed E-state index contributed by atoms with van der Waals surface area (Å²) in [4.78, 5) is 33.8. The van der Waals surface area contributed by atoms with E-state index in [1.807, 2.05) is 18.2 Å². The molecular weight excluding hydrogens is 496 g/mol. The van der Waals surface area contributed by atoms with Crippen molar-refractivity contribution in [3.05, 3.63) is 59.3 Å². The second-order valence-corrected chi connectivity index (χ2v) is 11.1. The van der Waals surface area contributed by atoms with Crippen molar-refractivity contribution in [1.82, 2.24) is 19.8 Å². The molecule has 2 fully saturated rings. The summed E-state index contributed by atoms with van der Waals surface area (Å²) in [7, 11) is 0. The van der Waals surface area contributed by atoms with Crippen LogP contribution >= 0.6 is 11.8 Å². The van der Waals surface area contributed by atoms with Crippen LogP contribution in [0.2, 0.25) is 0 Å². The first-order valence-electron chi connectivity index (χ1n) is 13.2. The van der Waals surface area contributed by atoms with Crippen LogP contribution in [0.3, 0.4) is 0 Å². The van der Waals surface area contributed by atoms with Gasteiger partial charge in [0.25, 0.3) is 5.91 Å².